The molecule has 0 atom stereocenters. The summed E-state index contributed by atoms with van der Waals surface area (Å²) in [4.78, 5) is 0. The van der Waals surface area contributed by atoms with Gasteiger partial charge in [-0.2, -0.15) is 0 Å². The summed E-state index contributed by atoms with van der Waals surface area (Å²) in [6.45, 7) is 2.03. The fourth-order valence-electron chi connectivity index (χ4n) is 0.621. The smallest absolute Gasteiger partial charge is 0.100 e. The fraction of sp³-hybridized carbons (Fsp3) is 0.286. The summed E-state index contributed by atoms with van der Waals surface area (Å²) in [5, 5.41) is 8.03. The van der Waals surface area contributed by atoms with Crippen LogP contribution in [-0.2, 0) is 0 Å². The predicted molar refractivity (Wildman–Crippen MR) is 43.7 cm³/mol. The van der Waals surface area contributed by atoms with Gasteiger partial charge in [-0.1, -0.05) is 6.92 Å². The first kappa shape index (κ1) is 7.41. The molecule has 1 rings (SSSR count). The van der Waals surface area contributed by atoms with Gasteiger partial charge in [0.15, 0.2) is 0 Å². The Kier molecular flexibility index (Phi) is 2.57. The Bertz CT molecular complexity index is 205. The lowest BCUT2D eigenvalue weighted by Crippen LogP contribution is -1.89. The van der Waals surface area contributed by atoms with Gasteiger partial charge in [-0.15, -0.1) is 11.8 Å². The zero-order chi connectivity index (χ0) is 7.40. The van der Waals surface area contributed by atoms with E-state index in [9.17, 15) is 0 Å². The third kappa shape index (κ3) is 1.64. The second-order valence-corrected chi connectivity index (χ2v) is 3.05. The molecule has 1 aromatic rings. The van der Waals surface area contributed by atoms with Crippen LogP contribution in [0.25, 0.3) is 0 Å². The van der Waals surface area contributed by atoms with Crippen molar-refractivity contribution < 1.29 is 4.42 Å². The summed E-state index contributed by atoms with van der Waals surface area (Å²) in [6, 6.07) is 1.80. The summed E-state index contributed by atoms with van der Waals surface area (Å²) >= 11 is 1.51. The van der Waals surface area contributed by atoms with Crippen molar-refractivity contribution in [3.63, 3.8) is 0 Å². The van der Waals surface area contributed by atoms with Crippen molar-refractivity contribution in [3.05, 3.63) is 24.2 Å². The fourth-order valence-corrected chi connectivity index (χ4v) is 1.19. The third-order valence-electron chi connectivity index (χ3n) is 1.07. The van der Waals surface area contributed by atoms with Crippen molar-refractivity contribution >= 4 is 16.8 Å². The molecule has 0 aliphatic carbocycles. The lowest BCUT2D eigenvalue weighted by atomic mass is 10.4. The second kappa shape index (κ2) is 3.46. The van der Waals surface area contributed by atoms with Crippen LogP contribution < -0.4 is 0 Å². The van der Waals surface area contributed by atoms with Crippen LogP contribution in [0, 0.1) is 5.41 Å². The number of furan rings is 1. The third-order valence-corrected chi connectivity index (χ3v) is 1.89. The van der Waals surface area contributed by atoms with Gasteiger partial charge >= 0.3 is 0 Å². The molecule has 0 aliphatic rings. The Morgan fingerprint density at radius 1 is 1.80 bits per heavy atom. The van der Waals surface area contributed by atoms with Gasteiger partial charge in [0.1, 0.15) is 6.26 Å². The molecule has 0 aliphatic heterocycles. The first-order chi connectivity index (χ1) is 4.84. The minimum absolute atomic E-state index is 0.580. The van der Waals surface area contributed by atoms with Gasteiger partial charge in [0.2, 0.25) is 0 Å². The van der Waals surface area contributed by atoms with E-state index in [1.165, 1.54) is 11.8 Å². The summed E-state index contributed by atoms with van der Waals surface area (Å²) in [6.07, 6.45) is 3.17. The van der Waals surface area contributed by atoms with Crippen LogP contribution in [0.15, 0.2) is 23.0 Å². The van der Waals surface area contributed by atoms with E-state index in [0.29, 0.717) is 5.04 Å². The van der Waals surface area contributed by atoms with E-state index in [1.807, 2.05) is 6.92 Å². The van der Waals surface area contributed by atoms with E-state index in [2.05, 4.69) is 0 Å². The molecule has 0 unspecified atom stereocenters. The van der Waals surface area contributed by atoms with Gasteiger partial charge < -0.3 is 4.42 Å². The van der Waals surface area contributed by atoms with E-state index < -0.39 is 0 Å². The van der Waals surface area contributed by atoms with Gasteiger partial charge in [0.05, 0.1) is 11.3 Å². The number of hydrogen-bond donors (Lipinski definition) is 1. The SMILES string of the molecule is CCSC(=N)c1ccoc1. The number of thioether (sulfide) groups is 1. The number of rotatable bonds is 2. The standard InChI is InChI=1S/C7H9NOS/c1-2-10-7(8)6-3-4-9-5-6/h3-5,8H,2H2,1H3. The Labute approximate surface area is 64.1 Å². The number of nitrogens with one attached hydrogen (secondary N) is 1. The molecular formula is C7H9NOS. The molecule has 2 nitrogen and oxygen atoms in total. The molecule has 10 heavy (non-hydrogen) atoms. The van der Waals surface area contributed by atoms with Crippen LogP contribution >= 0.6 is 11.8 Å². The lowest BCUT2D eigenvalue weighted by molar-refractivity contribution is 0.567. The van der Waals surface area contributed by atoms with Gasteiger partial charge in [0, 0.05) is 5.56 Å². The summed E-state index contributed by atoms with van der Waals surface area (Å²) in [5.41, 5.74) is 0.867. The quantitative estimate of drug-likeness (QED) is 0.525. The van der Waals surface area contributed by atoms with E-state index in [1.54, 1.807) is 18.6 Å². The van der Waals surface area contributed by atoms with Crippen molar-refractivity contribution in [2.45, 2.75) is 6.92 Å². The molecule has 0 bridgehead atoms. The Morgan fingerprint density at radius 3 is 3.10 bits per heavy atom. The predicted octanol–water partition coefficient (Wildman–Crippen LogP) is 2.36. The summed E-state index contributed by atoms with van der Waals surface area (Å²) in [7, 11) is 0. The molecule has 0 saturated carbocycles. The first-order valence-electron chi connectivity index (χ1n) is 3.08. The summed E-state index contributed by atoms with van der Waals surface area (Å²) < 4.78 is 4.83. The molecular weight excluding hydrogens is 146 g/mol. The summed E-state index contributed by atoms with van der Waals surface area (Å²) in [5.74, 6) is 0.935. The normalized spacial score (nSPS) is 9.70. The molecule has 1 heterocycles. The highest BCUT2D eigenvalue weighted by Gasteiger charge is 2.00. The second-order valence-electron chi connectivity index (χ2n) is 1.77. The van der Waals surface area contributed by atoms with Gasteiger partial charge in [-0.05, 0) is 11.8 Å². The van der Waals surface area contributed by atoms with E-state index in [4.69, 9.17) is 9.83 Å². The van der Waals surface area contributed by atoms with Crippen molar-refractivity contribution in [3.8, 4) is 0 Å². The highest BCUT2D eigenvalue weighted by molar-refractivity contribution is 8.14. The van der Waals surface area contributed by atoms with Crippen LogP contribution in [0.2, 0.25) is 0 Å². The molecule has 0 fully saturated rings. The Balaban J connectivity index is 2.59. The Hall–Kier alpha value is -0.700. The average Bonchev–Trinajstić information content (AvgIpc) is 2.38. The van der Waals surface area contributed by atoms with E-state index >= 15 is 0 Å². The molecule has 1 aromatic heterocycles. The van der Waals surface area contributed by atoms with Crippen molar-refractivity contribution in [2.24, 2.45) is 0 Å². The molecule has 0 aromatic carbocycles. The molecule has 0 radical (unpaired) electrons. The minimum Gasteiger partial charge on any atom is -0.472 e. The van der Waals surface area contributed by atoms with Gasteiger partial charge in [-0.3, -0.25) is 5.41 Å². The maximum atomic E-state index is 7.45. The van der Waals surface area contributed by atoms with Crippen LogP contribution in [0.4, 0.5) is 0 Å². The van der Waals surface area contributed by atoms with Gasteiger partial charge in [-0.25, -0.2) is 0 Å². The first-order valence-corrected chi connectivity index (χ1v) is 4.07. The van der Waals surface area contributed by atoms with Crippen LogP contribution in [0.3, 0.4) is 0 Å². The molecule has 3 heteroatoms. The van der Waals surface area contributed by atoms with E-state index in [-0.39, 0.29) is 0 Å². The maximum Gasteiger partial charge on any atom is 0.100 e. The lowest BCUT2D eigenvalue weighted by Gasteiger charge is -1.94. The van der Waals surface area contributed by atoms with Gasteiger partial charge in [0.25, 0.3) is 0 Å². The van der Waals surface area contributed by atoms with Crippen LogP contribution in [0.1, 0.15) is 12.5 Å². The molecule has 1 N–H and O–H groups in total. The Morgan fingerprint density at radius 2 is 2.60 bits per heavy atom. The number of hydrogen-bond acceptors (Lipinski definition) is 3. The molecule has 0 amide bonds. The zero-order valence-electron chi connectivity index (χ0n) is 5.76. The monoisotopic (exact) mass is 155 g/mol. The molecule has 0 spiro atoms. The topological polar surface area (TPSA) is 37.0 Å². The zero-order valence-corrected chi connectivity index (χ0v) is 6.57. The van der Waals surface area contributed by atoms with Crippen LogP contribution in [-0.4, -0.2) is 10.8 Å². The van der Waals surface area contributed by atoms with Crippen molar-refractivity contribution in [1.82, 2.24) is 0 Å². The minimum atomic E-state index is 0.580. The highest BCUT2D eigenvalue weighted by Crippen LogP contribution is 2.11. The highest BCUT2D eigenvalue weighted by atomic mass is 32.2. The largest absolute Gasteiger partial charge is 0.472 e. The molecule has 54 valence electrons. The average molecular weight is 155 g/mol. The van der Waals surface area contributed by atoms with Crippen molar-refractivity contribution in [1.29, 1.82) is 5.41 Å². The van der Waals surface area contributed by atoms with E-state index in [0.717, 1.165) is 11.3 Å². The maximum absolute atomic E-state index is 7.45. The molecule has 0 saturated heterocycles. The van der Waals surface area contributed by atoms with Crippen molar-refractivity contribution in [2.75, 3.05) is 5.75 Å². The van der Waals surface area contributed by atoms with Crippen LogP contribution in [0.5, 0.6) is 0 Å².